The Kier molecular flexibility index (Phi) is 6.11. The summed E-state index contributed by atoms with van der Waals surface area (Å²) < 4.78 is 0. The van der Waals surface area contributed by atoms with Crippen LogP contribution in [0.3, 0.4) is 0 Å². The van der Waals surface area contributed by atoms with Crippen LogP contribution in [0.1, 0.15) is 35.6 Å². The molecular weight excluding hydrogens is 280 g/mol. The summed E-state index contributed by atoms with van der Waals surface area (Å²) >= 11 is 0. The van der Waals surface area contributed by atoms with Gasteiger partial charge in [0.25, 0.3) is 0 Å². The number of benzene rings is 2. The molecule has 2 aromatic rings. The fraction of sp³-hybridized carbons (Fsp3) is 0.333. The van der Waals surface area contributed by atoms with E-state index < -0.39 is 0 Å². The summed E-state index contributed by atoms with van der Waals surface area (Å²) in [4.78, 5) is 0. The standard InChI is InChI=1S/2C9H12O2/c1-5-4-6(2)9(11)7(3)8(5)10;1-2-3-7-4-5-8(10)6-9(7)11/h4,10-11H,1-3H3;4-6,10-11H,2-3H2,1H3. The molecule has 0 radical (unpaired) electrons. The van der Waals surface area contributed by atoms with Gasteiger partial charge in [0.05, 0.1) is 0 Å². The monoisotopic (exact) mass is 304 g/mol. The first-order chi connectivity index (χ1) is 10.3. The van der Waals surface area contributed by atoms with Gasteiger partial charge in [-0.25, -0.2) is 0 Å². The largest absolute Gasteiger partial charge is 0.508 e. The lowest BCUT2D eigenvalue weighted by Crippen LogP contribution is -1.84. The van der Waals surface area contributed by atoms with Gasteiger partial charge in [-0.1, -0.05) is 19.4 Å². The van der Waals surface area contributed by atoms with Crippen LogP contribution in [0.25, 0.3) is 0 Å². The topological polar surface area (TPSA) is 80.9 Å². The third-order valence-electron chi connectivity index (χ3n) is 3.48. The van der Waals surface area contributed by atoms with Crippen molar-refractivity contribution in [1.29, 1.82) is 0 Å². The van der Waals surface area contributed by atoms with E-state index in [2.05, 4.69) is 0 Å². The van der Waals surface area contributed by atoms with Gasteiger partial charge in [0, 0.05) is 11.6 Å². The lowest BCUT2D eigenvalue weighted by Gasteiger charge is -2.07. The highest BCUT2D eigenvalue weighted by Gasteiger charge is 2.07. The van der Waals surface area contributed by atoms with Crippen LogP contribution in [-0.4, -0.2) is 20.4 Å². The summed E-state index contributed by atoms with van der Waals surface area (Å²) in [6.07, 6.45) is 1.85. The van der Waals surface area contributed by atoms with Gasteiger partial charge in [0.15, 0.2) is 0 Å². The SMILES string of the molecule is CCCc1ccc(O)cc1O.Cc1cc(C)c(O)c(C)c1O. The first kappa shape index (κ1) is 17.7. The molecule has 22 heavy (non-hydrogen) atoms. The summed E-state index contributed by atoms with van der Waals surface area (Å²) in [5.74, 6) is 0.676. The predicted octanol–water partition coefficient (Wildman–Crippen LogP) is 4.07. The Morgan fingerprint density at radius 2 is 1.36 bits per heavy atom. The number of aromatic hydroxyl groups is 4. The molecule has 4 nitrogen and oxygen atoms in total. The minimum Gasteiger partial charge on any atom is -0.508 e. The van der Waals surface area contributed by atoms with E-state index in [1.165, 1.54) is 6.07 Å². The molecule has 0 aliphatic heterocycles. The summed E-state index contributed by atoms with van der Waals surface area (Å²) in [6.45, 7) is 7.38. The van der Waals surface area contributed by atoms with Crippen molar-refractivity contribution >= 4 is 0 Å². The number of phenols is 4. The molecule has 4 heteroatoms. The van der Waals surface area contributed by atoms with E-state index in [1.54, 1.807) is 25.1 Å². The fourth-order valence-electron chi connectivity index (χ4n) is 2.20. The zero-order chi connectivity index (χ0) is 16.9. The van der Waals surface area contributed by atoms with Crippen molar-refractivity contribution < 1.29 is 20.4 Å². The van der Waals surface area contributed by atoms with Gasteiger partial charge < -0.3 is 20.4 Å². The fourth-order valence-corrected chi connectivity index (χ4v) is 2.20. The number of hydrogen-bond donors (Lipinski definition) is 4. The molecule has 0 fully saturated rings. The van der Waals surface area contributed by atoms with Crippen LogP contribution < -0.4 is 0 Å². The zero-order valence-corrected chi connectivity index (χ0v) is 13.5. The first-order valence-corrected chi connectivity index (χ1v) is 7.27. The van der Waals surface area contributed by atoms with E-state index in [4.69, 9.17) is 5.11 Å². The molecule has 0 saturated heterocycles. The highest BCUT2D eigenvalue weighted by Crippen LogP contribution is 2.31. The smallest absolute Gasteiger partial charge is 0.125 e. The van der Waals surface area contributed by atoms with E-state index >= 15 is 0 Å². The molecule has 0 heterocycles. The molecule has 2 rings (SSSR count). The number of hydrogen-bond acceptors (Lipinski definition) is 4. The third kappa shape index (κ3) is 4.32. The van der Waals surface area contributed by atoms with Crippen molar-refractivity contribution in [1.82, 2.24) is 0 Å². The minimum atomic E-state index is 0.113. The first-order valence-electron chi connectivity index (χ1n) is 7.27. The summed E-state index contributed by atoms with van der Waals surface area (Å²) in [6, 6.07) is 6.46. The van der Waals surface area contributed by atoms with Crippen LogP contribution in [0.5, 0.6) is 23.0 Å². The summed E-state index contributed by atoms with van der Waals surface area (Å²) in [5, 5.41) is 36.9. The second-order valence-electron chi connectivity index (χ2n) is 5.40. The van der Waals surface area contributed by atoms with Crippen LogP contribution in [-0.2, 0) is 6.42 Å². The van der Waals surface area contributed by atoms with Gasteiger partial charge in [0.1, 0.15) is 23.0 Å². The number of aryl methyl sites for hydroxylation is 3. The molecule has 0 aliphatic rings. The van der Waals surface area contributed by atoms with Crippen molar-refractivity contribution in [2.75, 3.05) is 0 Å². The molecule has 0 aliphatic carbocycles. The van der Waals surface area contributed by atoms with Crippen molar-refractivity contribution in [2.45, 2.75) is 40.5 Å². The molecule has 0 spiro atoms. The second-order valence-corrected chi connectivity index (χ2v) is 5.40. The average Bonchev–Trinajstić information content (AvgIpc) is 2.47. The van der Waals surface area contributed by atoms with Gasteiger partial charge in [-0.05, 0) is 56.0 Å². The highest BCUT2D eigenvalue weighted by atomic mass is 16.3. The second kappa shape index (κ2) is 7.59. The van der Waals surface area contributed by atoms with Gasteiger partial charge in [-0.2, -0.15) is 0 Å². The van der Waals surface area contributed by atoms with Crippen LogP contribution >= 0.6 is 0 Å². The van der Waals surface area contributed by atoms with E-state index in [0.717, 1.165) is 29.5 Å². The van der Waals surface area contributed by atoms with Crippen molar-refractivity contribution in [3.05, 3.63) is 46.5 Å². The molecule has 0 saturated carbocycles. The van der Waals surface area contributed by atoms with E-state index in [-0.39, 0.29) is 23.0 Å². The van der Waals surface area contributed by atoms with Crippen LogP contribution in [0, 0.1) is 20.8 Å². The summed E-state index contributed by atoms with van der Waals surface area (Å²) in [7, 11) is 0. The van der Waals surface area contributed by atoms with Crippen molar-refractivity contribution in [3.8, 4) is 23.0 Å². The number of phenolic OH excluding ortho intramolecular Hbond substituents is 4. The van der Waals surface area contributed by atoms with Gasteiger partial charge >= 0.3 is 0 Å². The van der Waals surface area contributed by atoms with Crippen LogP contribution in [0.2, 0.25) is 0 Å². The van der Waals surface area contributed by atoms with E-state index in [0.29, 0.717) is 5.56 Å². The van der Waals surface area contributed by atoms with Crippen molar-refractivity contribution in [2.24, 2.45) is 0 Å². The van der Waals surface area contributed by atoms with Crippen LogP contribution in [0.4, 0.5) is 0 Å². The Labute approximate surface area is 131 Å². The van der Waals surface area contributed by atoms with Gasteiger partial charge in [-0.15, -0.1) is 0 Å². The van der Waals surface area contributed by atoms with Gasteiger partial charge in [0.2, 0.25) is 0 Å². The highest BCUT2D eigenvalue weighted by molar-refractivity contribution is 5.51. The average molecular weight is 304 g/mol. The van der Waals surface area contributed by atoms with E-state index in [9.17, 15) is 15.3 Å². The Morgan fingerprint density at radius 3 is 1.82 bits per heavy atom. The maximum Gasteiger partial charge on any atom is 0.125 e. The quantitative estimate of drug-likeness (QED) is 0.674. The number of rotatable bonds is 2. The third-order valence-corrected chi connectivity index (χ3v) is 3.48. The Morgan fingerprint density at radius 1 is 0.818 bits per heavy atom. The Bertz CT molecular complexity index is 622. The molecule has 0 aromatic heterocycles. The Hall–Kier alpha value is -2.36. The normalized spacial score (nSPS) is 10.0. The minimum absolute atomic E-state index is 0.113. The molecule has 120 valence electrons. The Balaban J connectivity index is 0.000000220. The predicted molar refractivity (Wildman–Crippen MR) is 87.7 cm³/mol. The van der Waals surface area contributed by atoms with Crippen LogP contribution in [0.15, 0.2) is 24.3 Å². The van der Waals surface area contributed by atoms with Gasteiger partial charge in [-0.3, -0.25) is 0 Å². The summed E-state index contributed by atoms with van der Waals surface area (Å²) in [5.41, 5.74) is 3.06. The molecular formula is C18H24O4. The molecule has 0 unspecified atom stereocenters. The molecule has 0 bridgehead atoms. The zero-order valence-electron chi connectivity index (χ0n) is 13.5. The molecule has 4 N–H and O–H groups in total. The lowest BCUT2D eigenvalue weighted by atomic mass is 10.1. The maximum atomic E-state index is 9.35. The molecule has 0 atom stereocenters. The molecule has 2 aromatic carbocycles. The maximum absolute atomic E-state index is 9.35. The molecule has 0 amide bonds. The lowest BCUT2D eigenvalue weighted by molar-refractivity contribution is 0.438. The van der Waals surface area contributed by atoms with Crippen molar-refractivity contribution in [3.63, 3.8) is 0 Å². The van der Waals surface area contributed by atoms with E-state index in [1.807, 2.05) is 20.8 Å².